The number of hydrogen-bond acceptors (Lipinski definition) is 3. The number of aromatic nitrogens is 1. The summed E-state index contributed by atoms with van der Waals surface area (Å²) >= 11 is 0. The Hall–Kier alpha value is -3.34. The van der Waals surface area contributed by atoms with Crippen molar-refractivity contribution in [3.05, 3.63) is 93.4 Å². The van der Waals surface area contributed by atoms with Crippen LogP contribution in [0.4, 0.5) is 0 Å². The van der Waals surface area contributed by atoms with Gasteiger partial charge in [-0.25, -0.2) is 0 Å². The highest BCUT2D eigenvalue weighted by Gasteiger charge is 2.18. The van der Waals surface area contributed by atoms with Gasteiger partial charge in [0.15, 0.2) is 5.43 Å². The van der Waals surface area contributed by atoms with Gasteiger partial charge in [0.25, 0.3) is 5.91 Å². The number of rotatable bonds is 5. The summed E-state index contributed by atoms with van der Waals surface area (Å²) in [7, 11) is 1.69. The lowest BCUT2D eigenvalue weighted by Gasteiger charge is -2.18. The summed E-state index contributed by atoms with van der Waals surface area (Å²) in [5, 5.41) is 0. The number of aromatic amines is 1. The summed E-state index contributed by atoms with van der Waals surface area (Å²) in [4.78, 5) is 29.5. The molecule has 0 atom stereocenters. The van der Waals surface area contributed by atoms with Crippen molar-refractivity contribution in [1.82, 2.24) is 9.88 Å². The van der Waals surface area contributed by atoms with Crippen LogP contribution in [-0.2, 0) is 6.54 Å². The summed E-state index contributed by atoms with van der Waals surface area (Å²) < 4.78 is 5.77. The molecule has 3 aromatic rings. The van der Waals surface area contributed by atoms with E-state index in [1.807, 2.05) is 54.6 Å². The number of benzene rings is 2. The van der Waals surface area contributed by atoms with Crippen LogP contribution in [-0.4, -0.2) is 22.8 Å². The van der Waals surface area contributed by atoms with Crippen molar-refractivity contribution in [3.8, 4) is 11.5 Å². The van der Waals surface area contributed by atoms with Crippen molar-refractivity contribution >= 4 is 5.91 Å². The van der Waals surface area contributed by atoms with E-state index in [9.17, 15) is 9.59 Å². The molecule has 0 fully saturated rings. The molecule has 0 bridgehead atoms. The van der Waals surface area contributed by atoms with Crippen LogP contribution in [0.15, 0.2) is 65.5 Å². The Balaban J connectivity index is 1.70. The lowest BCUT2D eigenvalue weighted by atomic mass is 10.1. The third kappa shape index (κ3) is 4.44. The van der Waals surface area contributed by atoms with E-state index in [2.05, 4.69) is 4.98 Å². The quantitative estimate of drug-likeness (QED) is 0.745. The molecule has 3 rings (SSSR count). The number of carbonyl (C=O) groups excluding carboxylic acids is 1. The van der Waals surface area contributed by atoms with E-state index in [1.165, 1.54) is 6.07 Å². The van der Waals surface area contributed by atoms with E-state index in [4.69, 9.17) is 4.74 Å². The van der Waals surface area contributed by atoms with E-state index < -0.39 is 0 Å². The van der Waals surface area contributed by atoms with Crippen LogP contribution in [0.25, 0.3) is 0 Å². The molecule has 0 aliphatic carbocycles. The third-order valence-electron chi connectivity index (χ3n) is 4.24. The monoisotopic (exact) mass is 362 g/mol. The van der Waals surface area contributed by atoms with Crippen LogP contribution in [0.2, 0.25) is 0 Å². The molecule has 0 radical (unpaired) electrons. The van der Waals surface area contributed by atoms with Crippen molar-refractivity contribution in [2.45, 2.75) is 20.4 Å². The number of aryl methyl sites for hydroxylation is 2. The molecule has 2 aromatic carbocycles. The molecule has 0 aliphatic heterocycles. The van der Waals surface area contributed by atoms with Crippen molar-refractivity contribution < 1.29 is 9.53 Å². The zero-order valence-corrected chi connectivity index (χ0v) is 15.7. The smallest absolute Gasteiger partial charge is 0.259 e. The molecule has 0 spiro atoms. The van der Waals surface area contributed by atoms with Gasteiger partial charge in [0, 0.05) is 31.0 Å². The highest BCUT2D eigenvalue weighted by Crippen LogP contribution is 2.21. The van der Waals surface area contributed by atoms with Crippen molar-refractivity contribution in [1.29, 1.82) is 0 Å². The number of ether oxygens (including phenoxy) is 1. The molecule has 1 N–H and O–H groups in total. The van der Waals surface area contributed by atoms with Gasteiger partial charge in [-0.3, -0.25) is 9.59 Å². The fourth-order valence-electron chi connectivity index (χ4n) is 2.94. The van der Waals surface area contributed by atoms with E-state index in [1.54, 1.807) is 25.8 Å². The highest BCUT2D eigenvalue weighted by atomic mass is 16.5. The van der Waals surface area contributed by atoms with Crippen LogP contribution in [0.5, 0.6) is 11.5 Å². The molecule has 138 valence electrons. The predicted octanol–water partition coefficient (Wildman–Crippen LogP) is 4.06. The van der Waals surface area contributed by atoms with Gasteiger partial charge in [-0.15, -0.1) is 0 Å². The van der Waals surface area contributed by atoms with Crippen LogP contribution in [0.3, 0.4) is 0 Å². The van der Waals surface area contributed by atoms with Gasteiger partial charge < -0.3 is 14.6 Å². The van der Waals surface area contributed by atoms with Crippen LogP contribution in [0.1, 0.15) is 27.3 Å². The zero-order valence-electron chi connectivity index (χ0n) is 15.7. The molecular weight excluding hydrogens is 340 g/mol. The Morgan fingerprint density at radius 2 is 1.63 bits per heavy atom. The maximum absolute atomic E-state index is 12.7. The molecule has 0 saturated heterocycles. The number of para-hydroxylation sites is 1. The van der Waals surface area contributed by atoms with Crippen molar-refractivity contribution in [3.63, 3.8) is 0 Å². The molecule has 0 saturated carbocycles. The fourth-order valence-corrected chi connectivity index (χ4v) is 2.94. The minimum Gasteiger partial charge on any atom is -0.457 e. The summed E-state index contributed by atoms with van der Waals surface area (Å²) in [5.41, 5.74) is 2.21. The Kier molecular flexibility index (Phi) is 5.41. The molecule has 1 amide bonds. The van der Waals surface area contributed by atoms with Gasteiger partial charge in [-0.1, -0.05) is 30.3 Å². The third-order valence-corrected chi connectivity index (χ3v) is 4.24. The Labute approximate surface area is 158 Å². The molecule has 5 nitrogen and oxygen atoms in total. The first-order chi connectivity index (χ1) is 12.9. The average molecular weight is 362 g/mol. The SMILES string of the molecule is Cc1cc(=O)c(C(=O)N(C)Cc2ccc(Oc3ccccc3)cc2)c(C)[nH]1. The summed E-state index contributed by atoms with van der Waals surface area (Å²) in [6.07, 6.45) is 0. The number of carbonyl (C=O) groups is 1. The Morgan fingerprint density at radius 1 is 1.00 bits per heavy atom. The average Bonchev–Trinajstić information content (AvgIpc) is 2.63. The number of nitrogens with one attached hydrogen (secondary N) is 1. The largest absolute Gasteiger partial charge is 0.457 e. The molecule has 1 heterocycles. The normalized spacial score (nSPS) is 10.5. The number of pyridine rings is 1. The van der Waals surface area contributed by atoms with Crippen molar-refractivity contribution in [2.24, 2.45) is 0 Å². The van der Waals surface area contributed by atoms with Crippen LogP contribution >= 0.6 is 0 Å². The maximum Gasteiger partial charge on any atom is 0.259 e. The summed E-state index contributed by atoms with van der Waals surface area (Å²) in [6.45, 7) is 3.94. The van der Waals surface area contributed by atoms with E-state index in [0.29, 0.717) is 12.2 Å². The maximum atomic E-state index is 12.7. The number of hydrogen-bond donors (Lipinski definition) is 1. The molecular formula is C22H22N2O3. The molecule has 27 heavy (non-hydrogen) atoms. The first-order valence-electron chi connectivity index (χ1n) is 8.72. The van der Waals surface area contributed by atoms with Gasteiger partial charge in [0.2, 0.25) is 0 Å². The highest BCUT2D eigenvalue weighted by molar-refractivity contribution is 5.94. The van der Waals surface area contributed by atoms with Crippen LogP contribution in [0, 0.1) is 13.8 Å². The van der Waals surface area contributed by atoms with Gasteiger partial charge in [0.1, 0.15) is 17.1 Å². The molecule has 0 aliphatic rings. The summed E-state index contributed by atoms with van der Waals surface area (Å²) in [5.74, 6) is 1.20. The second-order valence-electron chi connectivity index (χ2n) is 6.54. The van der Waals surface area contributed by atoms with Gasteiger partial charge >= 0.3 is 0 Å². The van der Waals surface area contributed by atoms with Gasteiger partial charge in [-0.05, 0) is 43.7 Å². The van der Waals surface area contributed by atoms with Gasteiger partial charge in [-0.2, -0.15) is 0 Å². The van der Waals surface area contributed by atoms with Crippen LogP contribution < -0.4 is 10.2 Å². The fraction of sp³-hybridized carbons (Fsp3) is 0.182. The first-order valence-corrected chi connectivity index (χ1v) is 8.72. The standard InChI is InChI=1S/C22H22N2O3/c1-15-13-20(25)21(16(2)23-15)22(26)24(3)14-17-9-11-19(12-10-17)27-18-7-5-4-6-8-18/h4-13H,14H2,1-3H3,(H,23,25). The van der Waals surface area contributed by atoms with E-state index in [0.717, 1.165) is 22.8 Å². The number of amides is 1. The Bertz CT molecular complexity index is 992. The Morgan fingerprint density at radius 3 is 2.26 bits per heavy atom. The second kappa shape index (κ2) is 7.91. The summed E-state index contributed by atoms with van der Waals surface area (Å²) in [6, 6.07) is 18.5. The van der Waals surface area contributed by atoms with Gasteiger partial charge in [0.05, 0.1) is 0 Å². The van der Waals surface area contributed by atoms with E-state index >= 15 is 0 Å². The first kappa shape index (κ1) is 18.5. The zero-order chi connectivity index (χ0) is 19.4. The second-order valence-corrected chi connectivity index (χ2v) is 6.54. The minimum atomic E-state index is -0.293. The lowest BCUT2D eigenvalue weighted by molar-refractivity contribution is 0.0782. The topological polar surface area (TPSA) is 62.4 Å². The van der Waals surface area contributed by atoms with Crippen molar-refractivity contribution in [2.75, 3.05) is 7.05 Å². The number of nitrogens with zero attached hydrogens (tertiary/aromatic N) is 1. The molecule has 5 heteroatoms. The number of H-pyrrole nitrogens is 1. The molecule has 1 aromatic heterocycles. The lowest BCUT2D eigenvalue weighted by Crippen LogP contribution is -2.31. The minimum absolute atomic E-state index is 0.187. The predicted molar refractivity (Wildman–Crippen MR) is 105 cm³/mol. The molecule has 0 unspecified atom stereocenters. The van der Waals surface area contributed by atoms with E-state index in [-0.39, 0.29) is 16.9 Å².